The molecule has 0 aromatic heterocycles. The Labute approximate surface area is 161 Å². The van der Waals surface area contributed by atoms with Gasteiger partial charge in [-0.15, -0.1) is 0 Å². The Kier molecular flexibility index (Phi) is 6.56. The predicted molar refractivity (Wildman–Crippen MR) is 108 cm³/mol. The zero-order chi connectivity index (χ0) is 20.0. The van der Waals surface area contributed by atoms with Crippen molar-refractivity contribution in [3.8, 4) is 5.75 Å². The summed E-state index contributed by atoms with van der Waals surface area (Å²) in [7, 11) is 0. The van der Waals surface area contributed by atoms with Gasteiger partial charge in [-0.25, -0.2) is 0 Å². The number of anilines is 1. The standard InChI is InChI=1S/C18H18N4O4S/c1-3-16(23)21-18(27)20-14-6-4-13(5-7-14)19-10-12-9-15(22(25)26)8-11(2)17(12)24/h4-10,24H,3H2,1-2H3,(H2,20,21,23,27). The van der Waals surface area contributed by atoms with Gasteiger partial charge in [0.05, 0.1) is 10.6 Å². The monoisotopic (exact) mass is 386 g/mol. The first-order valence-electron chi connectivity index (χ1n) is 8.03. The molecule has 0 bridgehead atoms. The predicted octanol–water partition coefficient (Wildman–Crippen LogP) is 3.58. The summed E-state index contributed by atoms with van der Waals surface area (Å²) in [5.74, 6) is -0.236. The number of phenols is 1. The molecule has 0 aliphatic rings. The average molecular weight is 386 g/mol. The molecule has 1 amide bonds. The molecule has 0 aliphatic carbocycles. The van der Waals surface area contributed by atoms with E-state index in [1.54, 1.807) is 38.1 Å². The molecule has 0 saturated heterocycles. The average Bonchev–Trinajstić information content (AvgIpc) is 2.63. The van der Waals surface area contributed by atoms with Gasteiger partial charge in [0, 0.05) is 36.0 Å². The van der Waals surface area contributed by atoms with E-state index in [0.29, 0.717) is 23.4 Å². The van der Waals surface area contributed by atoms with Gasteiger partial charge in [0.15, 0.2) is 5.11 Å². The lowest BCUT2D eigenvalue weighted by atomic mass is 10.1. The molecular weight excluding hydrogens is 368 g/mol. The van der Waals surface area contributed by atoms with Gasteiger partial charge in [0.1, 0.15) is 5.75 Å². The van der Waals surface area contributed by atoms with E-state index < -0.39 is 4.92 Å². The van der Waals surface area contributed by atoms with E-state index in [1.807, 2.05) is 0 Å². The molecule has 9 heteroatoms. The number of thiocarbonyl (C=S) groups is 1. The number of hydrogen-bond donors (Lipinski definition) is 3. The Hall–Kier alpha value is -3.33. The van der Waals surface area contributed by atoms with Gasteiger partial charge in [-0.05, 0) is 49.0 Å². The van der Waals surface area contributed by atoms with Crippen LogP contribution in [0.5, 0.6) is 5.75 Å². The van der Waals surface area contributed by atoms with Crippen LogP contribution in [0.4, 0.5) is 17.1 Å². The lowest BCUT2D eigenvalue weighted by Crippen LogP contribution is -2.33. The number of aliphatic imine (C=N–C) groups is 1. The van der Waals surface area contributed by atoms with E-state index in [9.17, 15) is 20.0 Å². The fraction of sp³-hybridized carbons (Fsp3) is 0.167. The second-order valence-corrected chi connectivity index (χ2v) is 6.03. The van der Waals surface area contributed by atoms with Crippen molar-refractivity contribution in [3.63, 3.8) is 0 Å². The van der Waals surface area contributed by atoms with Gasteiger partial charge < -0.3 is 15.7 Å². The lowest BCUT2D eigenvalue weighted by molar-refractivity contribution is -0.384. The largest absolute Gasteiger partial charge is 0.507 e. The van der Waals surface area contributed by atoms with Crippen LogP contribution < -0.4 is 10.6 Å². The number of rotatable bonds is 5. The Morgan fingerprint density at radius 3 is 2.59 bits per heavy atom. The quantitative estimate of drug-likeness (QED) is 0.313. The SMILES string of the molecule is CCC(=O)NC(=S)Nc1ccc(N=Cc2cc([N+](=O)[O-])cc(C)c2O)cc1. The minimum Gasteiger partial charge on any atom is -0.507 e. The number of aryl methyl sites for hydroxylation is 1. The van der Waals surface area contributed by atoms with E-state index in [4.69, 9.17) is 12.2 Å². The number of benzene rings is 2. The number of hydrogen-bond acceptors (Lipinski definition) is 6. The van der Waals surface area contributed by atoms with Gasteiger partial charge in [-0.3, -0.25) is 19.9 Å². The van der Waals surface area contributed by atoms with Gasteiger partial charge in [0.2, 0.25) is 5.91 Å². The van der Waals surface area contributed by atoms with E-state index in [0.717, 1.165) is 0 Å². The Morgan fingerprint density at radius 2 is 2.00 bits per heavy atom. The van der Waals surface area contributed by atoms with Crippen molar-refractivity contribution in [2.45, 2.75) is 20.3 Å². The molecule has 0 radical (unpaired) electrons. The number of aromatic hydroxyl groups is 1. The van der Waals surface area contributed by atoms with Crippen LogP contribution in [0, 0.1) is 17.0 Å². The van der Waals surface area contributed by atoms with Crippen LogP contribution in [-0.4, -0.2) is 27.3 Å². The highest BCUT2D eigenvalue weighted by Crippen LogP contribution is 2.27. The third-order valence-electron chi connectivity index (χ3n) is 3.58. The summed E-state index contributed by atoms with van der Waals surface area (Å²) in [6, 6.07) is 9.39. The van der Waals surface area contributed by atoms with Crippen molar-refractivity contribution in [3.05, 3.63) is 57.6 Å². The van der Waals surface area contributed by atoms with Crippen LogP contribution in [0.3, 0.4) is 0 Å². The molecule has 0 fully saturated rings. The smallest absolute Gasteiger partial charge is 0.270 e. The third-order valence-corrected chi connectivity index (χ3v) is 3.78. The number of carbonyl (C=O) groups is 1. The summed E-state index contributed by atoms with van der Waals surface area (Å²) in [6.45, 7) is 3.31. The Bertz CT molecular complexity index is 910. The number of amides is 1. The van der Waals surface area contributed by atoms with Gasteiger partial charge in [-0.1, -0.05) is 6.92 Å². The van der Waals surface area contributed by atoms with Gasteiger partial charge >= 0.3 is 0 Å². The number of phenolic OH excluding ortho intramolecular Hbond substituents is 1. The molecule has 2 rings (SSSR count). The minimum absolute atomic E-state index is 0.0559. The van der Waals surface area contributed by atoms with Crippen molar-refractivity contribution >= 4 is 46.5 Å². The summed E-state index contributed by atoms with van der Waals surface area (Å²) in [5.41, 5.74) is 1.78. The first-order chi connectivity index (χ1) is 12.8. The topological polar surface area (TPSA) is 117 Å². The number of nitro groups is 1. The summed E-state index contributed by atoms with van der Waals surface area (Å²) >= 11 is 5.03. The van der Waals surface area contributed by atoms with E-state index >= 15 is 0 Å². The van der Waals surface area contributed by atoms with Crippen molar-refractivity contribution in [2.75, 3.05) is 5.32 Å². The highest BCUT2D eigenvalue weighted by Gasteiger charge is 2.12. The molecule has 27 heavy (non-hydrogen) atoms. The Balaban J connectivity index is 2.11. The van der Waals surface area contributed by atoms with E-state index in [-0.39, 0.29) is 28.0 Å². The van der Waals surface area contributed by atoms with Gasteiger partial charge in [-0.2, -0.15) is 0 Å². The van der Waals surface area contributed by atoms with Gasteiger partial charge in [0.25, 0.3) is 5.69 Å². The first-order valence-corrected chi connectivity index (χ1v) is 8.44. The van der Waals surface area contributed by atoms with E-state index in [2.05, 4.69) is 15.6 Å². The molecule has 0 heterocycles. The molecule has 0 aliphatic heterocycles. The summed E-state index contributed by atoms with van der Waals surface area (Å²) in [5, 5.41) is 26.6. The number of nitro benzene ring substituents is 1. The van der Waals surface area contributed by atoms with Crippen LogP contribution in [0.25, 0.3) is 0 Å². The molecule has 0 atom stereocenters. The molecule has 8 nitrogen and oxygen atoms in total. The van der Waals surface area contributed by atoms with E-state index in [1.165, 1.54) is 18.3 Å². The molecule has 2 aromatic carbocycles. The van der Waals surface area contributed by atoms with Crippen LogP contribution >= 0.6 is 12.2 Å². The van der Waals surface area contributed by atoms with Crippen LogP contribution in [0.1, 0.15) is 24.5 Å². The highest BCUT2D eigenvalue weighted by atomic mass is 32.1. The second-order valence-electron chi connectivity index (χ2n) is 5.62. The zero-order valence-corrected chi connectivity index (χ0v) is 15.5. The number of nitrogens with zero attached hydrogens (tertiary/aromatic N) is 2. The fourth-order valence-corrected chi connectivity index (χ4v) is 2.37. The normalized spacial score (nSPS) is 10.6. The molecular formula is C18H18N4O4S. The molecule has 3 N–H and O–H groups in total. The lowest BCUT2D eigenvalue weighted by Gasteiger charge is -2.08. The number of carbonyl (C=O) groups excluding carboxylic acids is 1. The summed E-state index contributed by atoms with van der Waals surface area (Å²) in [4.78, 5) is 25.9. The van der Waals surface area contributed by atoms with Crippen molar-refractivity contribution in [1.29, 1.82) is 0 Å². The van der Waals surface area contributed by atoms with Crippen LogP contribution in [0.15, 0.2) is 41.4 Å². The molecule has 0 spiro atoms. The molecule has 0 saturated carbocycles. The van der Waals surface area contributed by atoms with Crippen LogP contribution in [0.2, 0.25) is 0 Å². The minimum atomic E-state index is -0.523. The zero-order valence-electron chi connectivity index (χ0n) is 14.7. The second kappa shape index (κ2) is 8.86. The number of non-ortho nitro benzene ring substituents is 1. The highest BCUT2D eigenvalue weighted by molar-refractivity contribution is 7.80. The molecule has 140 valence electrons. The Morgan fingerprint density at radius 1 is 1.33 bits per heavy atom. The maximum atomic E-state index is 11.3. The van der Waals surface area contributed by atoms with Crippen LogP contribution in [-0.2, 0) is 4.79 Å². The summed E-state index contributed by atoms with van der Waals surface area (Å²) in [6.07, 6.45) is 1.70. The van der Waals surface area contributed by atoms with Crippen molar-refractivity contribution < 1.29 is 14.8 Å². The maximum Gasteiger partial charge on any atom is 0.270 e. The van der Waals surface area contributed by atoms with Crippen molar-refractivity contribution in [2.24, 2.45) is 4.99 Å². The summed E-state index contributed by atoms with van der Waals surface area (Å²) < 4.78 is 0. The maximum absolute atomic E-state index is 11.3. The third kappa shape index (κ3) is 5.58. The first kappa shape index (κ1) is 20.0. The van der Waals surface area contributed by atoms with Crippen molar-refractivity contribution in [1.82, 2.24) is 5.32 Å². The fourth-order valence-electron chi connectivity index (χ4n) is 2.14. The molecule has 0 unspecified atom stereocenters. The molecule has 2 aromatic rings. The number of nitrogens with one attached hydrogen (secondary N) is 2.